The van der Waals surface area contributed by atoms with Gasteiger partial charge in [0.25, 0.3) is 5.91 Å². The largest absolute Gasteiger partial charge is 0.271 e. The van der Waals surface area contributed by atoms with Gasteiger partial charge in [0.15, 0.2) is 0 Å². The molecule has 0 radical (unpaired) electrons. The molecule has 1 N–H and O–H groups in total. The lowest BCUT2D eigenvalue weighted by Gasteiger charge is -2.07. The van der Waals surface area contributed by atoms with Crippen LogP contribution in [0.3, 0.4) is 0 Å². The quantitative estimate of drug-likeness (QED) is 0.671. The third-order valence-corrected chi connectivity index (χ3v) is 3.51. The standard InChI is InChI=1S/C17H18N2O/c1-12-9-10-16(14(3)13(12)2)11-18-19-17(20)15-7-5-4-6-8-15/h4-11H,1-3H3,(H,19,20)/b18-11-. The minimum absolute atomic E-state index is 0.205. The molecule has 0 heterocycles. The minimum atomic E-state index is -0.205. The third kappa shape index (κ3) is 3.12. The molecule has 0 spiro atoms. The summed E-state index contributed by atoms with van der Waals surface area (Å²) in [6.07, 6.45) is 1.68. The van der Waals surface area contributed by atoms with Crippen LogP contribution >= 0.6 is 0 Å². The van der Waals surface area contributed by atoms with Crippen molar-refractivity contribution in [3.63, 3.8) is 0 Å². The molecule has 0 aromatic heterocycles. The van der Waals surface area contributed by atoms with E-state index in [0.717, 1.165) is 5.56 Å². The Morgan fingerprint density at radius 2 is 1.70 bits per heavy atom. The molecule has 102 valence electrons. The molecule has 0 aliphatic carbocycles. The Hall–Kier alpha value is -2.42. The topological polar surface area (TPSA) is 41.5 Å². The van der Waals surface area contributed by atoms with Crippen LogP contribution in [0.15, 0.2) is 47.6 Å². The summed E-state index contributed by atoms with van der Waals surface area (Å²) in [7, 11) is 0. The van der Waals surface area contributed by atoms with E-state index in [-0.39, 0.29) is 5.91 Å². The van der Waals surface area contributed by atoms with Crippen molar-refractivity contribution in [2.75, 3.05) is 0 Å². The number of benzene rings is 2. The molecule has 0 saturated heterocycles. The number of carbonyl (C=O) groups is 1. The molecule has 0 atom stereocenters. The van der Waals surface area contributed by atoms with Gasteiger partial charge in [0.05, 0.1) is 6.21 Å². The van der Waals surface area contributed by atoms with E-state index in [1.807, 2.05) is 24.3 Å². The van der Waals surface area contributed by atoms with Crippen LogP contribution in [0, 0.1) is 20.8 Å². The second kappa shape index (κ2) is 6.15. The summed E-state index contributed by atoms with van der Waals surface area (Å²) in [4.78, 5) is 11.8. The predicted octanol–water partition coefficient (Wildman–Crippen LogP) is 3.38. The van der Waals surface area contributed by atoms with Crippen molar-refractivity contribution in [2.24, 2.45) is 5.10 Å². The molecule has 0 fully saturated rings. The Bertz CT molecular complexity index is 646. The van der Waals surface area contributed by atoms with Crippen LogP contribution < -0.4 is 5.43 Å². The van der Waals surface area contributed by atoms with Crippen molar-refractivity contribution >= 4 is 12.1 Å². The zero-order chi connectivity index (χ0) is 14.5. The highest BCUT2D eigenvalue weighted by Gasteiger charge is 2.03. The van der Waals surface area contributed by atoms with Crippen LogP contribution in [-0.4, -0.2) is 12.1 Å². The van der Waals surface area contributed by atoms with E-state index in [9.17, 15) is 4.79 Å². The van der Waals surface area contributed by atoms with Crippen LogP contribution in [-0.2, 0) is 0 Å². The summed E-state index contributed by atoms with van der Waals surface area (Å²) in [5.41, 5.74) is 7.85. The fourth-order valence-corrected chi connectivity index (χ4v) is 1.93. The zero-order valence-electron chi connectivity index (χ0n) is 12.0. The number of hydrazone groups is 1. The van der Waals surface area contributed by atoms with Crippen LogP contribution in [0.25, 0.3) is 0 Å². The Morgan fingerprint density at radius 3 is 2.40 bits per heavy atom. The average Bonchev–Trinajstić information content (AvgIpc) is 2.48. The number of amides is 1. The maximum Gasteiger partial charge on any atom is 0.271 e. The number of hydrogen-bond acceptors (Lipinski definition) is 2. The van der Waals surface area contributed by atoms with Crippen molar-refractivity contribution in [1.82, 2.24) is 5.43 Å². The highest BCUT2D eigenvalue weighted by atomic mass is 16.2. The number of nitrogens with zero attached hydrogens (tertiary/aromatic N) is 1. The van der Waals surface area contributed by atoms with Gasteiger partial charge in [0, 0.05) is 5.56 Å². The van der Waals surface area contributed by atoms with Gasteiger partial charge in [0.1, 0.15) is 0 Å². The van der Waals surface area contributed by atoms with Crippen molar-refractivity contribution in [3.8, 4) is 0 Å². The SMILES string of the molecule is Cc1ccc(/C=N\NC(=O)c2ccccc2)c(C)c1C. The first kappa shape index (κ1) is 14.0. The van der Waals surface area contributed by atoms with Crippen LogP contribution in [0.5, 0.6) is 0 Å². The van der Waals surface area contributed by atoms with Gasteiger partial charge in [-0.15, -0.1) is 0 Å². The van der Waals surface area contributed by atoms with Crippen LogP contribution in [0.1, 0.15) is 32.6 Å². The molecule has 2 aromatic rings. The molecule has 3 heteroatoms. The van der Waals surface area contributed by atoms with E-state index in [0.29, 0.717) is 5.56 Å². The molecule has 2 aromatic carbocycles. The smallest absolute Gasteiger partial charge is 0.267 e. The second-order valence-corrected chi connectivity index (χ2v) is 4.79. The van der Waals surface area contributed by atoms with E-state index in [4.69, 9.17) is 0 Å². The maximum atomic E-state index is 11.8. The van der Waals surface area contributed by atoms with E-state index in [1.54, 1.807) is 18.3 Å². The Labute approximate surface area is 119 Å². The number of aryl methyl sites for hydroxylation is 1. The van der Waals surface area contributed by atoms with Gasteiger partial charge in [-0.05, 0) is 55.2 Å². The molecule has 0 unspecified atom stereocenters. The molecule has 0 bridgehead atoms. The Kier molecular flexibility index (Phi) is 4.31. The fourth-order valence-electron chi connectivity index (χ4n) is 1.93. The van der Waals surface area contributed by atoms with Crippen molar-refractivity contribution in [2.45, 2.75) is 20.8 Å². The van der Waals surface area contributed by atoms with Gasteiger partial charge in [-0.3, -0.25) is 4.79 Å². The van der Waals surface area contributed by atoms with E-state index >= 15 is 0 Å². The lowest BCUT2D eigenvalue weighted by Crippen LogP contribution is -2.17. The summed E-state index contributed by atoms with van der Waals surface area (Å²) in [6, 6.07) is 13.1. The Balaban J connectivity index is 2.08. The number of hydrogen-bond donors (Lipinski definition) is 1. The molecular weight excluding hydrogens is 248 g/mol. The summed E-state index contributed by atoms with van der Waals surface area (Å²) in [5, 5.41) is 4.02. The molecule has 0 aliphatic rings. The van der Waals surface area contributed by atoms with Crippen LogP contribution in [0.2, 0.25) is 0 Å². The molecule has 3 nitrogen and oxygen atoms in total. The van der Waals surface area contributed by atoms with Gasteiger partial charge in [-0.2, -0.15) is 5.10 Å². The van der Waals surface area contributed by atoms with Gasteiger partial charge in [0.2, 0.25) is 0 Å². The zero-order valence-corrected chi connectivity index (χ0v) is 12.0. The number of rotatable bonds is 3. The average molecular weight is 266 g/mol. The summed E-state index contributed by atoms with van der Waals surface area (Å²) in [6.45, 7) is 6.23. The summed E-state index contributed by atoms with van der Waals surface area (Å²) in [5.74, 6) is -0.205. The first-order valence-electron chi connectivity index (χ1n) is 6.55. The lowest BCUT2D eigenvalue weighted by atomic mass is 10.00. The van der Waals surface area contributed by atoms with Crippen molar-refractivity contribution < 1.29 is 4.79 Å². The lowest BCUT2D eigenvalue weighted by molar-refractivity contribution is 0.0955. The maximum absolute atomic E-state index is 11.8. The summed E-state index contributed by atoms with van der Waals surface area (Å²) < 4.78 is 0. The molecule has 20 heavy (non-hydrogen) atoms. The normalized spacial score (nSPS) is 10.8. The van der Waals surface area contributed by atoms with E-state index in [2.05, 4.69) is 37.4 Å². The minimum Gasteiger partial charge on any atom is -0.267 e. The number of nitrogens with one attached hydrogen (secondary N) is 1. The first-order chi connectivity index (χ1) is 9.59. The van der Waals surface area contributed by atoms with Gasteiger partial charge < -0.3 is 0 Å². The summed E-state index contributed by atoms with van der Waals surface area (Å²) >= 11 is 0. The Morgan fingerprint density at radius 1 is 1.00 bits per heavy atom. The van der Waals surface area contributed by atoms with Gasteiger partial charge in [-0.1, -0.05) is 30.3 Å². The molecule has 1 amide bonds. The second-order valence-electron chi connectivity index (χ2n) is 4.79. The number of carbonyl (C=O) groups excluding carboxylic acids is 1. The van der Waals surface area contributed by atoms with Crippen molar-refractivity contribution in [3.05, 3.63) is 70.3 Å². The highest BCUT2D eigenvalue weighted by Crippen LogP contribution is 2.15. The van der Waals surface area contributed by atoms with E-state index < -0.39 is 0 Å². The monoisotopic (exact) mass is 266 g/mol. The molecule has 0 saturated carbocycles. The van der Waals surface area contributed by atoms with E-state index in [1.165, 1.54) is 16.7 Å². The van der Waals surface area contributed by atoms with Gasteiger partial charge >= 0.3 is 0 Å². The first-order valence-corrected chi connectivity index (χ1v) is 6.55. The van der Waals surface area contributed by atoms with Gasteiger partial charge in [-0.25, -0.2) is 5.43 Å². The predicted molar refractivity (Wildman–Crippen MR) is 82.2 cm³/mol. The molecule has 0 aliphatic heterocycles. The van der Waals surface area contributed by atoms with Crippen molar-refractivity contribution in [1.29, 1.82) is 0 Å². The molecular formula is C17H18N2O. The third-order valence-electron chi connectivity index (χ3n) is 3.51. The highest BCUT2D eigenvalue weighted by molar-refractivity contribution is 5.94. The van der Waals surface area contributed by atoms with Crippen LogP contribution in [0.4, 0.5) is 0 Å². The fraction of sp³-hybridized carbons (Fsp3) is 0.176. The molecule has 2 rings (SSSR count).